The number of fused-ring (bicyclic) bond motifs is 3. The van der Waals surface area contributed by atoms with E-state index in [0.717, 1.165) is 34.4 Å². The lowest BCUT2D eigenvalue weighted by Crippen LogP contribution is -2.32. The Morgan fingerprint density at radius 1 is 1.17 bits per heavy atom. The van der Waals surface area contributed by atoms with Crippen LogP contribution in [-0.4, -0.2) is 6.73 Å². The smallest absolute Gasteiger partial charge is 0.336 e. The lowest BCUT2D eigenvalue weighted by molar-refractivity contribution is 0.289. The molecule has 0 fully saturated rings. The summed E-state index contributed by atoms with van der Waals surface area (Å²) in [5.74, 6) is 0.795. The SMILES string of the molecule is CCc1cc(=O)oc2c3c(ccc12)OCN(c1ccccc1C)C3. The Hall–Kier alpha value is -2.75. The van der Waals surface area contributed by atoms with Crippen LogP contribution in [0.4, 0.5) is 5.69 Å². The van der Waals surface area contributed by atoms with Crippen molar-refractivity contribution in [3.05, 3.63) is 69.6 Å². The Kier molecular flexibility index (Phi) is 3.53. The Balaban J connectivity index is 1.86. The standard InChI is InChI=1S/C20H19NO3/c1-3-14-10-19(22)24-20-15(14)8-9-18-16(20)11-21(12-23-18)17-7-5-4-6-13(17)2/h4-10H,3,11-12H2,1-2H3. The maximum atomic E-state index is 11.9. The molecular weight excluding hydrogens is 302 g/mol. The first-order valence-corrected chi connectivity index (χ1v) is 8.19. The first-order valence-electron chi connectivity index (χ1n) is 8.19. The maximum absolute atomic E-state index is 11.9. The van der Waals surface area contributed by atoms with Crippen molar-refractivity contribution in [1.29, 1.82) is 0 Å². The first kappa shape index (κ1) is 14.8. The van der Waals surface area contributed by atoms with E-state index >= 15 is 0 Å². The minimum Gasteiger partial charge on any atom is -0.473 e. The van der Waals surface area contributed by atoms with Crippen LogP contribution in [0, 0.1) is 6.92 Å². The number of benzene rings is 2. The summed E-state index contributed by atoms with van der Waals surface area (Å²) in [5, 5.41) is 0.992. The van der Waals surface area contributed by atoms with Gasteiger partial charge in [0.2, 0.25) is 0 Å². The number of anilines is 1. The zero-order valence-electron chi connectivity index (χ0n) is 13.8. The molecule has 1 aliphatic rings. The lowest BCUT2D eigenvalue weighted by atomic mass is 10.0. The van der Waals surface area contributed by atoms with Crippen molar-refractivity contribution in [2.24, 2.45) is 0 Å². The largest absolute Gasteiger partial charge is 0.473 e. The average Bonchev–Trinajstić information content (AvgIpc) is 2.61. The van der Waals surface area contributed by atoms with Crippen LogP contribution in [0.2, 0.25) is 0 Å². The van der Waals surface area contributed by atoms with Crippen molar-refractivity contribution < 1.29 is 9.15 Å². The molecule has 0 bridgehead atoms. The van der Waals surface area contributed by atoms with E-state index in [4.69, 9.17) is 9.15 Å². The molecule has 3 aromatic rings. The highest BCUT2D eigenvalue weighted by Gasteiger charge is 2.23. The predicted octanol–water partition coefficient (Wildman–Crippen LogP) is 4.02. The monoisotopic (exact) mass is 321 g/mol. The van der Waals surface area contributed by atoms with Gasteiger partial charge in [-0.3, -0.25) is 0 Å². The lowest BCUT2D eigenvalue weighted by Gasteiger charge is -2.32. The third-order valence-corrected chi connectivity index (χ3v) is 4.62. The summed E-state index contributed by atoms with van der Waals surface area (Å²) in [6, 6.07) is 13.8. The van der Waals surface area contributed by atoms with Gasteiger partial charge in [-0.2, -0.15) is 0 Å². The number of para-hydroxylation sites is 1. The zero-order chi connectivity index (χ0) is 16.7. The normalized spacial score (nSPS) is 13.7. The second-order valence-electron chi connectivity index (χ2n) is 6.12. The highest BCUT2D eigenvalue weighted by atomic mass is 16.5. The van der Waals surface area contributed by atoms with Gasteiger partial charge >= 0.3 is 5.63 Å². The minimum atomic E-state index is -0.305. The van der Waals surface area contributed by atoms with Crippen molar-refractivity contribution in [1.82, 2.24) is 0 Å². The summed E-state index contributed by atoms with van der Waals surface area (Å²) in [4.78, 5) is 14.1. The summed E-state index contributed by atoms with van der Waals surface area (Å²) < 4.78 is 11.5. The van der Waals surface area contributed by atoms with E-state index in [2.05, 4.69) is 24.0 Å². The van der Waals surface area contributed by atoms with E-state index in [1.54, 1.807) is 6.07 Å². The van der Waals surface area contributed by atoms with E-state index in [1.165, 1.54) is 5.56 Å². The average molecular weight is 321 g/mol. The van der Waals surface area contributed by atoms with Gasteiger partial charge in [0.25, 0.3) is 0 Å². The number of rotatable bonds is 2. The molecule has 1 aromatic heterocycles. The Morgan fingerprint density at radius 2 is 2.00 bits per heavy atom. The Bertz CT molecular complexity index is 974. The van der Waals surface area contributed by atoms with Crippen molar-refractivity contribution in [3.8, 4) is 5.75 Å². The second kappa shape index (κ2) is 5.71. The molecule has 2 aromatic carbocycles. The van der Waals surface area contributed by atoms with E-state index in [0.29, 0.717) is 18.9 Å². The summed E-state index contributed by atoms with van der Waals surface area (Å²) >= 11 is 0. The summed E-state index contributed by atoms with van der Waals surface area (Å²) in [6.07, 6.45) is 0.795. The molecule has 1 aliphatic heterocycles. The van der Waals surface area contributed by atoms with Gasteiger partial charge in [-0.25, -0.2) is 4.79 Å². The van der Waals surface area contributed by atoms with Crippen LogP contribution < -0.4 is 15.3 Å². The Morgan fingerprint density at radius 3 is 2.79 bits per heavy atom. The molecule has 0 saturated carbocycles. The molecule has 122 valence electrons. The summed E-state index contributed by atoms with van der Waals surface area (Å²) in [7, 11) is 0. The molecule has 0 radical (unpaired) electrons. The third-order valence-electron chi connectivity index (χ3n) is 4.62. The van der Waals surface area contributed by atoms with Crippen molar-refractivity contribution in [3.63, 3.8) is 0 Å². The van der Waals surface area contributed by atoms with Gasteiger partial charge < -0.3 is 14.1 Å². The molecule has 24 heavy (non-hydrogen) atoms. The molecule has 0 spiro atoms. The van der Waals surface area contributed by atoms with Gasteiger partial charge in [0.1, 0.15) is 11.3 Å². The summed E-state index contributed by atoms with van der Waals surface area (Å²) in [5.41, 5.74) is 4.62. The van der Waals surface area contributed by atoms with Crippen molar-refractivity contribution in [2.75, 3.05) is 11.6 Å². The van der Waals surface area contributed by atoms with E-state index in [1.807, 2.05) is 31.2 Å². The first-order chi connectivity index (χ1) is 11.7. The van der Waals surface area contributed by atoms with Gasteiger partial charge in [0.05, 0.1) is 12.1 Å². The van der Waals surface area contributed by atoms with Crippen molar-refractivity contribution in [2.45, 2.75) is 26.8 Å². The highest BCUT2D eigenvalue weighted by molar-refractivity contribution is 5.85. The van der Waals surface area contributed by atoms with Crippen LogP contribution >= 0.6 is 0 Å². The molecule has 0 unspecified atom stereocenters. The van der Waals surface area contributed by atoms with Gasteiger partial charge in [0.15, 0.2) is 6.73 Å². The van der Waals surface area contributed by atoms with E-state index in [9.17, 15) is 4.79 Å². The van der Waals surface area contributed by atoms with Gasteiger partial charge in [-0.05, 0) is 42.7 Å². The topological polar surface area (TPSA) is 42.7 Å². The fourth-order valence-corrected chi connectivity index (χ4v) is 3.36. The van der Waals surface area contributed by atoms with Crippen LogP contribution in [0.1, 0.15) is 23.6 Å². The van der Waals surface area contributed by atoms with Crippen LogP contribution in [0.25, 0.3) is 11.0 Å². The van der Waals surface area contributed by atoms with E-state index < -0.39 is 0 Å². The highest BCUT2D eigenvalue weighted by Crippen LogP contribution is 2.35. The maximum Gasteiger partial charge on any atom is 0.336 e. The number of hydrogen-bond donors (Lipinski definition) is 0. The predicted molar refractivity (Wildman–Crippen MR) is 94.7 cm³/mol. The van der Waals surface area contributed by atoms with Gasteiger partial charge in [0, 0.05) is 17.1 Å². The summed E-state index contributed by atoms with van der Waals surface area (Å²) in [6.45, 7) is 5.28. The molecule has 0 saturated heterocycles. The number of ether oxygens (including phenoxy) is 1. The number of aryl methyl sites for hydroxylation is 2. The molecule has 0 N–H and O–H groups in total. The quantitative estimate of drug-likeness (QED) is 0.669. The van der Waals surface area contributed by atoms with E-state index in [-0.39, 0.29) is 5.63 Å². The van der Waals surface area contributed by atoms with Crippen LogP contribution in [0.15, 0.2) is 51.7 Å². The fraction of sp³-hybridized carbons (Fsp3) is 0.250. The molecule has 0 aliphatic carbocycles. The van der Waals surface area contributed by atoms with Crippen LogP contribution in [-0.2, 0) is 13.0 Å². The van der Waals surface area contributed by atoms with Gasteiger partial charge in [-0.15, -0.1) is 0 Å². The molecule has 0 amide bonds. The minimum absolute atomic E-state index is 0.305. The second-order valence-corrected chi connectivity index (χ2v) is 6.12. The Labute approximate surface area is 140 Å². The molecule has 4 nitrogen and oxygen atoms in total. The number of nitrogens with zero attached hydrogens (tertiary/aromatic N) is 1. The molecule has 4 heteroatoms. The fourth-order valence-electron chi connectivity index (χ4n) is 3.36. The zero-order valence-corrected chi connectivity index (χ0v) is 13.8. The molecule has 4 rings (SSSR count). The molecule has 0 atom stereocenters. The third kappa shape index (κ3) is 2.35. The van der Waals surface area contributed by atoms with Crippen LogP contribution in [0.3, 0.4) is 0 Å². The number of hydrogen-bond acceptors (Lipinski definition) is 4. The van der Waals surface area contributed by atoms with Crippen LogP contribution in [0.5, 0.6) is 5.75 Å². The molecule has 2 heterocycles. The molecular formula is C20H19NO3. The van der Waals surface area contributed by atoms with Gasteiger partial charge in [-0.1, -0.05) is 25.1 Å². The van der Waals surface area contributed by atoms with Crippen molar-refractivity contribution >= 4 is 16.7 Å².